The largest absolute Gasteiger partial charge is 0.468 e. The van der Waals surface area contributed by atoms with Gasteiger partial charge >= 0.3 is 17.9 Å². The van der Waals surface area contributed by atoms with E-state index in [0.717, 1.165) is 31.4 Å². The number of hydrogen-bond acceptors (Lipinski definition) is 7. The highest BCUT2D eigenvalue weighted by Crippen LogP contribution is 2.19. The predicted octanol–water partition coefficient (Wildman–Crippen LogP) is 2.34. The van der Waals surface area contributed by atoms with Crippen molar-refractivity contribution in [2.45, 2.75) is 52.1 Å². The van der Waals surface area contributed by atoms with Crippen LogP contribution in [0.5, 0.6) is 0 Å². The Morgan fingerprint density at radius 1 is 1.04 bits per heavy atom. The first kappa shape index (κ1) is 24.1. The molecule has 26 heavy (non-hydrogen) atoms. The first-order valence-corrected chi connectivity index (χ1v) is 8.89. The number of methoxy groups -OCH3 is 2. The van der Waals surface area contributed by atoms with Crippen LogP contribution in [0.3, 0.4) is 0 Å². The monoisotopic (exact) mass is 371 g/mol. The number of nitrogens with zero attached hydrogens (tertiary/aromatic N) is 1. The van der Waals surface area contributed by atoms with Gasteiger partial charge in [0.15, 0.2) is 5.92 Å². The molecule has 0 aromatic heterocycles. The molecule has 0 fully saturated rings. The Morgan fingerprint density at radius 3 is 2.08 bits per heavy atom. The van der Waals surface area contributed by atoms with E-state index < -0.39 is 17.9 Å². The van der Waals surface area contributed by atoms with Crippen LogP contribution in [-0.4, -0.2) is 63.8 Å². The molecule has 0 saturated heterocycles. The third-order valence-electron chi connectivity index (χ3n) is 4.03. The number of unbranched alkanes of at least 4 members (excludes halogenated alkanes) is 1. The summed E-state index contributed by atoms with van der Waals surface area (Å²) in [6.07, 6.45) is 5.21. The molecular weight excluding hydrogens is 338 g/mol. The average molecular weight is 371 g/mol. The highest BCUT2D eigenvalue weighted by molar-refractivity contribution is 5.94. The van der Waals surface area contributed by atoms with Crippen molar-refractivity contribution >= 4 is 17.9 Å². The van der Waals surface area contributed by atoms with Crippen LogP contribution in [0.4, 0.5) is 0 Å². The van der Waals surface area contributed by atoms with Gasteiger partial charge in [-0.1, -0.05) is 12.5 Å². The molecule has 0 heterocycles. The molecule has 0 aliphatic heterocycles. The van der Waals surface area contributed by atoms with Gasteiger partial charge in [-0.05, 0) is 52.3 Å². The van der Waals surface area contributed by atoms with Gasteiger partial charge in [0, 0.05) is 13.5 Å². The molecule has 0 saturated carbocycles. The van der Waals surface area contributed by atoms with E-state index in [1.807, 2.05) is 21.0 Å². The summed E-state index contributed by atoms with van der Waals surface area (Å²) in [5.74, 6) is -2.36. The Balaban J connectivity index is 4.68. The minimum absolute atomic E-state index is 0.285. The Bertz CT molecular complexity index is 470. The summed E-state index contributed by atoms with van der Waals surface area (Å²) in [5.41, 5.74) is 1.05. The van der Waals surface area contributed by atoms with Gasteiger partial charge in [-0.3, -0.25) is 14.4 Å². The molecule has 0 rings (SSSR count). The van der Waals surface area contributed by atoms with Gasteiger partial charge < -0.3 is 19.1 Å². The van der Waals surface area contributed by atoms with Gasteiger partial charge in [0.25, 0.3) is 0 Å². The standard InChI is InChI=1S/C19H33NO6/c1-14(26-15(2)21)16(11-9-13-20(3)4)10-7-8-12-17(18(22)24-5)19(23)25-6/h11,14,17H,7-10,12-13H2,1-6H3/b16-11+. The van der Waals surface area contributed by atoms with E-state index in [-0.39, 0.29) is 12.1 Å². The lowest BCUT2D eigenvalue weighted by molar-refractivity contribution is -0.159. The molecule has 0 N–H and O–H groups in total. The summed E-state index contributed by atoms with van der Waals surface area (Å²) in [6, 6.07) is 0. The lowest BCUT2D eigenvalue weighted by Crippen LogP contribution is -2.26. The number of esters is 3. The van der Waals surface area contributed by atoms with Crippen molar-refractivity contribution < 1.29 is 28.6 Å². The number of carbonyl (C=O) groups excluding carboxylic acids is 3. The highest BCUT2D eigenvalue weighted by atomic mass is 16.5. The Hall–Kier alpha value is -1.89. The van der Waals surface area contributed by atoms with E-state index in [9.17, 15) is 14.4 Å². The van der Waals surface area contributed by atoms with Crippen LogP contribution in [0, 0.1) is 5.92 Å². The maximum absolute atomic E-state index is 11.7. The van der Waals surface area contributed by atoms with Crippen molar-refractivity contribution in [2.24, 2.45) is 5.92 Å². The van der Waals surface area contributed by atoms with Crippen molar-refractivity contribution in [2.75, 3.05) is 34.9 Å². The molecular formula is C19H33NO6. The predicted molar refractivity (Wildman–Crippen MR) is 98.5 cm³/mol. The maximum atomic E-state index is 11.7. The van der Waals surface area contributed by atoms with Crippen LogP contribution in [0.15, 0.2) is 11.6 Å². The summed E-state index contributed by atoms with van der Waals surface area (Å²) in [4.78, 5) is 36.7. The molecule has 0 aliphatic carbocycles. The van der Waals surface area contributed by atoms with Gasteiger partial charge in [-0.25, -0.2) is 0 Å². The SMILES string of the molecule is COC(=O)C(CCCC/C(=C\CCN(C)C)C(C)OC(C)=O)C(=O)OC. The fourth-order valence-corrected chi connectivity index (χ4v) is 2.60. The molecule has 150 valence electrons. The zero-order valence-electron chi connectivity index (χ0n) is 16.9. The van der Waals surface area contributed by atoms with Crippen molar-refractivity contribution in [3.63, 3.8) is 0 Å². The Labute approximate surface area is 156 Å². The van der Waals surface area contributed by atoms with Gasteiger partial charge in [-0.15, -0.1) is 0 Å². The fourth-order valence-electron chi connectivity index (χ4n) is 2.60. The number of hydrogen-bond donors (Lipinski definition) is 0. The van der Waals surface area contributed by atoms with Gasteiger partial charge in [0.1, 0.15) is 6.10 Å². The van der Waals surface area contributed by atoms with Gasteiger partial charge in [0.05, 0.1) is 14.2 Å². The summed E-state index contributed by atoms with van der Waals surface area (Å²) in [6.45, 7) is 4.16. The summed E-state index contributed by atoms with van der Waals surface area (Å²) in [5, 5.41) is 0. The van der Waals surface area contributed by atoms with Crippen LogP contribution in [0.2, 0.25) is 0 Å². The first-order valence-electron chi connectivity index (χ1n) is 8.89. The average Bonchev–Trinajstić information content (AvgIpc) is 2.57. The number of ether oxygens (including phenoxy) is 3. The van der Waals surface area contributed by atoms with Crippen LogP contribution < -0.4 is 0 Å². The van der Waals surface area contributed by atoms with E-state index in [0.29, 0.717) is 12.8 Å². The van der Waals surface area contributed by atoms with E-state index in [4.69, 9.17) is 4.74 Å². The zero-order chi connectivity index (χ0) is 20.1. The number of carbonyl (C=O) groups is 3. The van der Waals surface area contributed by atoms with Gasteiger partial charge in [-0.2, -0.15) is 0 Å². The molecule has 7 nitrogen and oxygen atoms in total. The van der Waals surface area contributed by atoms with E-state index >= 15 is 0 Å². The van der Waals surface area contributed by atoms with Crippen molar-refractivity contribution in [3.05, 3.63) is 11.6 Å². The molecule has 0 bridgehead atoms. The van der Waals surface area contributed by atoms with Crippen molar-refractivity contribution in [1.29, 1.82) is 0 Å². The summed E-state index contributed by atoms with van der Waals surface area (Å²) >= 11 is 0. The second-order valence-corrected chi connectivity index (χ2v) is 6.47. The van der Waals surface area contributed by atoms with Crippen molar-refractivity contribution in [1.82, 2.24) is 4.90 Å². The molecule has 7 heteroatoms. The van der Waals surface area contributed by atoms with Crippen LogP contribution >= 0.6 is 0 Å². The molecule has 0 aromatic carbocycles. The molecule has 0 amide bonds. The molecule has 0 aliphatic rings. The second-order valence-electron chi connectivity index (χ2n) is 6.47. The zero-order valence-corrected chi connectivity index (χ0v) is 16.9. The van der Waals surface area contributed by atoms with E-state index in [1.54, 1.807) is 0 Å². The minimum Gasteiger partial charge on any atom is -0.468 e. The minimum atomic E-state index is -0.892. The first-order chi connectivity index (χ1) is 12.2. The molecule has 1 atom stereocenters. The van der Waals surface area contributed by atoms with Crippen LogP contribution in [-0.2, 0) is 28.6 Å². The van der Waals surface area contributed by atoms with Crippen LogP contribution in [0.1, 0.15) is 46.0 Å². The van der Waals surface area contributed by atoms with E-state index in [1.165, 1.54) is 21.1 Å². The van der Waals surface area contributed by atoms with Gasteiger partial charge in [0.2, 0.25) is 0 Å². The number of rotatable bonds is 12. The molecule has 0 aromatic rings. The Kier molecular flexibility index (Phi) is 12.4. The highest BCUT2D eigenvalue weighted by Gasteiger charge is 2.27. The van der Waals surface area contributed by atoms with E-state index in [2.05, 4.69) is 20.4 Å². The normalized spacial score (nSPS) is 12.8. The second kappa shape index (κ2) is 13.3. The smallest absolute Gasteiger partial charge is 0.320 e. The quantitative estimate of drug-likeness (QED) is 0.171. The van der Waals surface area contributed by atoms with Crippen molar-refractivity contribution in [3.8, 4) is 0 Å². The lowest BCUT2D eigenvalue weighted by atomic mass is 9.97. The third-order valence-corrected chi connectivity index (χ3v) is 4.03. The lowest BCUT2D eigenvalue weighted by Gasteiger charge is -2.18. The summed E-state index contributed by atoms with van der Waals surface area (Å²) < 4.78 is 14.6. The summed E-state index contributed by atoms with van der Waals surface area (Å²) in [7, 11) is 6.51. The fraction of sp³-hybridized carbons (Fsp3) is 0.737. The molecule has 0 radical (unpaired) electrons. The molecule has 0 spiro atoms. The third kappa shape index (κ3) is 10.2. The topological polar surface area (TPSA) is 82.1 Å². The molecule has 1 unspecified atom stereocenters. The maximum Gasteiger partial charge on any atom is 0.320 e. The Morgan fingerprint density at radius 2 is 1.62 bits per heavy atom. The van der Waals surface area contributed by atoms with Crippen LogP contribution in [0.25, 0.3) is 0 Å².